The molecule has 1 aliphatic rings. The second-order valence-electron chi connectivity index (χ2n) is 6.55. The molecule has 0 bridgehead atoms. The van der Waals surface area contributed by atoms with Gasteiger partial charge in [-0.2, -0.15) is 0 Å². The van der Waals surface area contributed by atoms with Gasteiger partial charge in [0.05, 0.1) is 0 Å². The molecule has 0 radical (unpaired) electrons. The molecule has 2 heterocycles. The van der Waals surface area contributed by atoms with E-state index in [1.54, 1.807) is 0 Å². The fourth-order valence-electron chi connectivity index (χ4n) is 3.37. The van der Waals surface area contributed by atoms with Gasteiger partial charge in [-0.25, -0.2) is 9.97 Å². The average molecular weight is 258 g/mol. The Kier molecular flexibility index (Phi) is 2.77. The van der Waals surface area contributed by atoms with Crippen LogP contribution in [0.15, 0.2) is 12.3 Å². The van der Waals surface area contributed by atoms with Crippen LogP contribution >= 0.6 is 0 Å². The molecule has 102 valence electrons. The lowest BCUT2D eigenvalue weighted by atomic mass is 9.75. The molecule has 1 fully saturated rings. The number of nitrogens with two attached hydrogens (primary N) is 1. The maximum absolute atomic E-state index is 6.15. The Morgan fingerprint density at radius 2 is 2.21 bits per heavy atom. The lowest BCUT2D eigenvalue weighted by molar-refractivity contribution is 0.186. The van der Waals surface area contributed by atoms with Crippen molar-refractivity contribution in [2.75, 3.05) is 5.73 Å². The van der Waals surface area contributed by atoms with Crippen LogP contribution in [0.3, 0.4) is 0 Å². The van der Waals surface area contributed by atoms with E-state index in [4.69, 9.17) is 5.73 Å². The molecule has 1 unspecified atom stereocenters. The Bertz CT molecular complexity index is 612. The lowest BCUT2D eigenvalue weighted by Gasteiger charge is -2.36. The SMILES string of the molecule is Cc1ccnc2c1nc(N)n2C1CCCC(C)(C)C1. The summed E-state index contributed by atoms with van der Waals surface area (Å²) in [6.45, 7) is 6.74. The molecule has 2 aromatic heterocycles. The van der Waals surface area contributed by atoms with Gasteiger partial charge in [-0.3, -0.25) is 4.57 Å². The van der Waals surface area contributed by atoms with Gasteiger partial charge < -0.3 is 5.73 Å². The number of anilines is 1. The van der Waals surface area contributed by atoms with E-state index in [2.05, 4.69) is 35.3 Å². The zero-order valence-electron chi connectivity index (χ0n) is 12.0. The summed E-state index contributed by atoms with van der Waals surface area (Å²) in [5.41, 5.74) is 9.57. The molecule has 1 aliphatic carbocycles. The highest BCUT2D eigenvalue weighted by molar-refractivity contribution is 5.77. The number of imidazole rings is 1. The highest BCUT2D eigenvalue weighted by Gasteiger charge is 2.31. The van der Waals surface area contributed by atoms with Crippen molar-refractivity contribution in [3.05, 3.63) is 17.8 Å². The normalized spacial score (nSPS) is 22.8. The Hall–Kier alpha value is -1.58. The summed E-state index contributed by atoms with van der Waals surface area (Å²) in [5, 5.41) is 0. The number of aryl methyl sites for hydroxylation is 1. The maximum Gasteiger partial charge on any atom is 0.202 e. The highest BCUT2D eigenvalue weighted by Crippen LogP contribution is 2.42. The molecular formula is C15H22N4. The van der Waals surface area contributed by atoms with Crippen molar-refractivity contribution < 1.29 is 0 Å². The van der Waals surface area contributed by atoms with E-state index in [-0.39, 0.29) is 0 Å². The first-order valence-electron chi connectivity index (χ1n) is 7.07. The van der Waals surface area contributed by atoms with Crippen LogP contribution in [0.5, 0.6) is 0 Å². The molecule has 19 heavy (non-hydrogen) atoms. The van der Waals surface area contributed by atoms with Crippen LogP contribution in [0.1, 0.15) is 51.1 Å². The number of aromatic nitrogens is 3. The van der Waals surface area contributed by atoms with Crippen LogP contribution in [-0.4, -0.2) is 14.5 Å². The lowest BCUT2D eigenvalue weighted by Crippen LogP contribution is -2.25. The summed E-state index contributed by atoms with van der Waals surface area (Å²) < 4.78 is 2.16. The number of nitrogen functional groups attached to an aromatic ring is 1. The number of hydrogen-bond donors (Lipinski definition) is 1. The van der Waals surface area contributed by atoms with Crippen LogP contribution < -0.4 is 5.73 Å². The summed E-state index contributed by atoms with van der Waals surface area (Å²) >= 11 is 0. The molecule has 1 saturated carbocycles. The van der Waals surface area contributed by atoms with E-state index in [1.807, 2.05) is 12.3 Å². The minimum Gasteiger partial charge on any atom is -0.369 e. The standard InChI is InChI=1S/C15H22N4/c1-10-6-8-17-13-12(10)18-14(16)19(13)11-5-4-7-15(2,3)9-11/h6,8,11H,4-5,7,9H2,1-3H3,(H2,16,18). The smallest absolute Gasteiger partial charge is 0.202 e. The van der Waals surface area contributed by atoms with Crippen LogP contribution in [0.4, 0.5) is 5.95 Å². The molecule has 2 N–H and O–H groups in total. The first-order valence-corrected chi connectivity index (χ1v) is 7.07. The molecule has 4 nitrogen and oxygen atoms in total. The summed E-state index contributed by atoms with van der Waals surface area (Å²) in [4.78, 5) is 9.02. The fourth-order valence-corrected chi connectivity index (χ4v) is 3.37. The zero-order valence-corrected chi connectivity index (χ0v) is 12.0. The van der Waals surface area contributed by atoms with Crippen LogP contribution in [0.2, 0.25) is 0 Å². The first kappa shape index (κ1) is 12.5. The molecule has 0 spiro atoms. The third-order valence-electron chi connectivity index (χ3n) is 4.35. The van der Waals surface area contributed by atoms with Gasteiger partial charge in [-0.1, -0.05) is 20.3 Å². The average Bonchev–Trinajstić information content (AvgIpc) is 2.66. The van der Waals surface area contributed by atoms with Gasteiger partial charge in [0.25, 0.3) is 0 Å². The van der Waals surface area contributed by atoms with Gasteiger partial charge in [0, 0.05) is 12.2 Å². The van der Waals surface area contributed by atoms with Crippen LogP contribution in [-0.2, 0) is 0 Å². The number of rotatable bonds is 1. The number of nitrogens with zero attached hydrogens (tertiary/aromatic N) is 3. The molecular weight excluding hydrogens is 236 g/mol. The topological polar surface area (TPSA) is 56.7 Å². The van der Waals surface area contributed by atoms with Crippen molar-refractivity contribution in [2.24, 2.45) is 5.41 Å². The minimum absolute atomic E-state index is 0.385. The van der Waals surface area contributed by atoms with Crippen molar-refractivity contribution in [3.8, 4) is 0 Å². The quantitative estimate of drug-likeness (QED) is 0.852. The zero-order chi connectivity index (χ0) is 13.6. The highest BCUT2D eigenvalue weighted by atomic mass is 15.2. The second kappa shape index (κ2) is 4.22. The number of hydrogen-bond acceptors (Lipinski definition) is 3. The minimum atomic E-state index is 0.385. The van der Waals surface area contributed by atoms with Gasteiger partial charge in [0.15, 0.2) is 5.65 Å². The monoisotopic (exact) mass is 258 g/mol. The Morgan fingerprint density at radius 1 is 1.42 bits per heavy atom. The van der Waals surface area contributed by atoms with E-state index in [1.165, 1.54) is 19.3 Å². The van der Waals surface area contributed by atoms with Crippen molar-refractivity contribution in [3.63, 3.8) is 0 Å². The van der Waals surface area contributed by atoms with Crippen molar-refractivity contribution in [1.82, 2.24) is 14.5 Å². The summed E-state index contributed by atoms with van der Waals surface area (Å²) in [6.07, 6.45) is 6.72. The molecule has 0 aliphatic heterocycles. The maximum atomic E-state index is 6.15. The molecule has 4 heteroatoms. The Labute approximate surface area is 114 Å². The summed E-state index contributed by atoms with van der Waals surface area (Å²) in [6, 6.07) is 2.42. The largest absolute Gasteiger partial charge is 0.369 e. The third-order valence-corrected chi connectivity index (χ3v) is 4.35. The van der Waals surface area contributed by atoms with E-state index in [9.17, 15) is 0 Å². The molecule has 3 rings (SSSR count). The van der Waals surface area contributed by atoms with Crippen molar-refractivity contribution in [1.29, 1.82) is 0 Å². The van der Waals surface area contributed by atoms with E-state index in [0.717, 1.165) is 23.1 Å². The fraction of sp³-hybridized carbons (Fsp3) is 0.600. The van der Waals surface area contributed by atoms with Gasteiger partial charge in [0.1, 0.15) is 5.52 Å². The van der Waals surface area contributed by atoms with Gasteiger partial charge in [0.2, 0.25) is 5.95 Å². The molecule has 0 saturated heterocycles. The van der Waals surface area contributed by atoms with Gasteiger partial charge >= 0.3 is 0 Å². The Morgan fingerprint density at radius 3 is 2.95 bits per heavy atom. The second-order valence-corrected chi connectivity index (χ2v) is 6.55. The third kappa shape index (κ3) is 2.09. The van der Waals surface area contributed by atoms with Gasteiger partial charge in [-0.15, -0.1) is 0 Å². The molecule has 2 aromatic rings. The van der Waals surface area contributed by atoms with Crippen LogP contribution in [0.25, 0.3) is 11.2 Å². The van der Waals surface area contributed by atoms with Crippen LogP contribution in [0, 0.1) is 12.3 Å². The first-order chi connectivity index (χ1) is 8.98. The molecule has 0 aromatic carbocycles. The van der Waals surface area contributed by atoms with Gasteiger partial charge in [-0.05, 0) is 43.2 Å². The van der Waals surface area contributed by atoms with Crippen molar-refractivity contribution >= 4 is 17.1 Å². The predicted molar refractivity (Wildman–Crippen MR) is 78.0 cm³/mol. The molecule has 1 atom stereocenters. The van der Waals surface area contributed by atoms with E-state index in [0.29, 0.717) is 17.4 Å². The summed E-state index contributed by atoms with van der Waals surface area (Å²) in [7, 11) is 0. The molecule has 0 amide bonds. The Balaban J connectivity index is 2.10. The predicted octanol–water partition coefficient (Wildman–Crippen LogP) is 3.46. The number of pyridine rings is 1. The van der Waals surface area contributed by atoms with Crippen molar-refractivity contribution in [2.45, 2.75) is 52.5 Å². The summed E-state index contributed by atoms with van der Waals surface area (Å²) in [5.74, 6) is 0.611. The van der Waals surface area contributed by atoms with E-state index >= 15 is 0 Å². The number of fused-ring (bicyclic) bond motifs is 1. The van der Waals surface area contributed by atoms with E-state index < -0.39 is 0 Å².